The van der Waals surface area contributed by atoms with Crippen LogP contribution in [0.4, 0.5) is 0 Å². The molecule has 2 aliphatic rings. The molecule has 4 rings (SSSR count). The van der Waals surface area contributed by atoms with Crippen LogP contribution in [0.3, 0.4) is 0 Å². The first kappa shape index (κ1) is 20.5. The maximum Gasteiger partial charge on any atom is 0.306 e. The maximum absolute atomic E-state index is 11.3. The number of ether oxygens (including phenoxy) is 1. The van der Waals surface area contributed by atoms with Gasteiger partial charge in [-0.1, -0.05) is 38.1 Å². The number of nitrogens with zero attached hydrogens (tertiary/aromatic N) is 1. The predicted molar refractivity (Wildman–Crippen MR) is 116 cm³/mol. The molecule has 1 aromatic heterocycles. The minimum Gasteiger partial charge on any atom is -0.493 e. The molecule has 1 N–H and O–H groups in total. The summed E-state index contributed by atoms with van der Waals surface area (Å²) in [6, 6.07) is 6.04. The Morgan fingerprint density at radius 2 is 2.23 bits per heavy atom. The standard InChI is InChI=1S/C25H29NO4/c1-15-5-4-6-19(13-15)24-26-23(17(3)30-24)11-12-29-20-8-10-22-18(14-20)7-9-21(22)16(2)25(27)28/h4,6,8,10,13-16,21H,5,7,9,11-12H2,1-3H3,(H,27,28)/t15?,16-,21-/m0/s1. The Bertz CT molecular complexity index is 1000. The summed E-state index contributed by atoms with van der Waals surface area (Å²) >= 11 is 0. The Labute approximate surface area is 177 Å². The van der Waals surface area contributed by atoms with Gasteiger partial charge in [-0.3, -0.25) is 4.79 Å². The molecule has 5 heteroatoms. The zero-order valence-corrected chi connectivity index (χ0v) is 17.9. The van der Waals surface area contributed by atoms with Gasteiger partial charge >= 0.3 is 5.97 Å². The van der Waals surface area contributed by atoms with E-state index in [-0.39, 0.29) is 11.8 Å². The topological polar surface area (TPSA) is 72.6 Å². The van der Waals surface area contributed by atoms with E-state index in [0.717, 1.165) is 47.6 Å². The zero-order chi connectivity index (χ0) is 21.3. The second-order valence-electron chi connectivity index (χ2n) is 8.49. The minimum absolute atomic E-state index is 0.0913. The summed E-state index contributed by atoms with van der Waals surface area (Å²) in [6.45, 7) is 6.45. The Morgan fingerprint density at radius 1 is 1.40 bits per heavy atom. The number of aliphatic carboxylic acids is 1. The van der Waals surface area contributed by atoms with Gasteiger partial charge in [-0.25, -0.2) is 4.98 Å². The first-order chi connectivity index (χ1) is 14.4. The van der Waals surface area contributed by atoms with Crippen LogP contribution < -0.4 is 4.74 Å². The van der Waals surface area contributed by atoms with E-state index in [1.165, 1.54) is 5.56 Å². The highest BCUT2D eigenvalue weighted by atomic mass is 16.5. The molecule has 2 aliphatic carbocycles. The lowest BCUT2D eigenvalue weighted by atomic mass is 9.89. The number of benzene rings is 1. The molecule has 0 fully saturated rings. The fourth-order valence-electron chi connectivity index (χ4n) is 4.44. The van der Waals surface area contributed by atoms with E-state index >= 15 is 0 Å². The SMILES string of the molecule is Cc1oc(C2=CC(C)CC=C2)nc1CCOc1ccc2c(c1)CC[C@H]2[C@H](C)C(=O)O. The van der Waals surface area contributed by atoms with E-state index in [0.29, 0.717) is 24.8 Å². The smallest absolute Gasteiger partial charge is 0.306 e. The van der Waals surface area contributed by atoms with E-state index in [1.54, 1.807) is 6.92 Å². The summed E-state index contributed by atoms with van der Waals surface area (Å²) in [6.07, 6.45) is 9.97. The molecule has 0 saturated carbocycles. The van der Waals surface area contributed by atoms with Crippen molar-refractivity contribution in [1.29, 1.82) is 0 Å². The molecule has 0 radical (unpaired) electrons. The van der Waals surface area contributed by atoms with Crippen LogP contribution >= 0.6 is 0 Å². The van der Waals surface area contributed by atoms with Crippen molar-refractivity contribution in [3.63, 3.8) is 0 Å². The molecule has 1 heterocycles. The van der Waals surface area contributed by atoms with Gasteiger partial charge < -0.3 is 14.3 Å². The third-order valence-corrected chi connectivity index (χ3v) is 6.25. The lowest BCUT2D eigenvalue weighted by molar-refractivity contribution is -0.141. The Hall–Kier alpha value is -2.82. The molecule has 0 spiro atoms. The number of carboxylic acids is 1. The molecule has 0 aliphatic heterocycles. The molecule has 2 aromatic rings. The Kier molecular flexibility index (Phi) is 5.80. The monoisotopic (exact) mass is 407 g/mol. The molecule has 1 unspecified atom stereocenters. The molecule has 158 valence electrons. The van der Waals surface area contributed by atoms with Gasteiger partial charge in [-0.2, -0.15) is 0 Å². The van der Waals surface area contributed by atoms with Crippen LogP contribution in [0.15, 0.2) is 40.8 Å². The summed E-state index contributed by atoms with van der Waals surface area (Å²) in [7, 11) is 0. The molecule has 1 aromatic carbocycles. The third-order valence-electron chi connectivity index (χ3n) is 6.25. The molecular formula is C25H29NO4. The van der Waals surface area contributed by atoms with Crippen molar-refractivity contribution in [1.82, 2.24) is 4.98 Å². The number of hydrogen-bond donors (Lipinski definition) is 1. The van der Waals surface area contributed by atoms with Gasteiger partial charge in [-0.15, -0.1) is 0 Å². The molecule has 5 nitrogen and oxygen atoms in total. The number of allylic oxidation sites excluding steroid dienone is 4. The van der Waals surface area contributed by atoms with Crippen LogP contribution in [-0.2, 0) is 17.6 Å². The fraction of sp³-hybridized carbons (Fsp3) is 0.440. The summed E-state index contributed by atoms with van der Waals surface area (Å²) < 4.78 is 11.9. The highest BCUT2D eigenvalue weighted by Gasteiger charge is 2.31. The van der Waals surface area contributed by atoms with Gasteiger partial charge in [0.1, 0.15) is 11.5 Å². The van der Waals surface area contributed by atoms with Crippen molar-refractivity contribution in [2.75, 3.05) is 6.61 Å². The zero-order valence-electron chi connectivity index (χ0n) is 17.9. The van der Waals surface area contributed by atoms with Crippen LogP contribution in [0, 0.1) is 18.8 Å². The normalized spacial score (nSPS) is 21.2. The van der Waals surface area contributed by atoms with Crippen molar-refractivity contribution < 1.29 is 19.1 Å². The summed E-state index contributed by atoms with van der Waals surface area (Å²) in [5.74, 6) is 1.84. The molecule has 3 atom stereocenters. The van der Waals surface area contributed by atoms with Crippen molar-refractivity contribution in [2.45, 2.75) is 52.4 Å². The van der Waals surface area contributed by atoms with Gasteiger partial charge in [0.05, 0.1) is 18.2 Å². The van der Waals surface area contributed by atoms with E-state index in [4.69, 9.17) is 9.15 Å². The number of carboxylic acid groups (broad SMARTS) is 1. The number of carbonyl (C=O) groups is 1. The first-order valence-electron chi connectivity index (χ1n) is 10.8. The average Bonchev–Trinajstić information content (AvgIpc) is 3.31. The number of oxazole rings is 1. The van der Waals surface area contributed by atoms with Crippen LogP contribution in [0.25, 0.3) is 5.57 Å². The van der Waals surface area contributed by atoms with Gasteiger partial charge in [0, 0.05) is 12.0 Å². The molecule has 0 amide bonds. The molecule has 0 saturated heterocycles. The molecular weight excluding hydrogens is 378 g/mol. The number of aromatic nitrogens is 1. The van der Waals surface area contributed by atoms with Gasteiger partial charge in [0.25, 0.3) is 0 Å². The van der Waals surface area contributed by atoms with Crippen LogP contribution in [-0.4, -0.2) is 22.7 Å². The molecule has 30 heavy (non-hydrogen) atoms. The van der Waals surface area contributed by atoms with Crippen molar-refractivity contribution >= 4 is 11.5 Å². The van der Waals surface area contributed by atoms with Gasteiger partial charge in [-0.05, 0) is 61.3 Å². The predicted octanol–water partition coefficient (Wildman–Crippen LogP) is 5.33. The lowest BCUT2D eigenvalue weighted by Crippen LogP contribution is -2.17. The Morgan fingerprint density at radius 3 is 3.00 bits per heavy atom. The van der Waals surface area contributed by atoms with Crippen LogP contribution in [0.5, 0.6) is 5.75 Å². The van der Waals surface area contributed by atoms with Gasteiger partial charge in [0.2, 0.25) is 5.89 Å². The van der Waals surface area contributed by atoms with E-state index in [2.05, 4.69) is 36.2 Å². The van der Waals surface area contributed by atoms with Gasteiger partial charge in [0.15, 0.2) is 0 Å². The lowest BCUT2D eigenvalue weighted by Gasteiger charge is -2.16. The van der Waals surface area contributed by atoms with E-state index < -0.39 is 5.97 Å². The highest BCUT2D eigenvalue weighted by Crippen LogP contribution is 2.40. The first-order valence-corrected chi connectivity index (χ1v) is 10.8. The molecule has 0 bridgehead atoms. The quantitative estimate of drug-likeness (QED) is 0.671. The largest absolute Gasteiger partial charge is 0.493 e. The average molecular weight is 408 g/mol. The second kappa shape index (κ2) is 8.50. The summed E-state index contributed by atoms with van der Waals surface area (Å²) in [4.78, 5) is 16.0. The highest BCUT2D eigenvalue weighted by molar-refractivity contribution is 5.71. The Balaban J connectivity index is 1.38. The number of rotatable bonds is 7. The second-order valence-corrected chi connectivity index (χ2v) is 8.49. The maximum atomic E-state index is 11.3. The van der Waals surface area contributed by atoms with Crippen LogP contribution in [0.1, 0.15) is 61.1 Å². The van der Waals surface area contributed by atoms with E-state index in [9.17, 15) is 9.90 Å². The summed E-state index contributed by atoms with van der Waals surface area (Å²) in [5, 5.41) is 9.32. The summed E-state index contributed by atoms with van der Waals surface area (Å²) in [5.41, 5.74) is 4.33. The van der Waals surface area contributed by atoms with Crippen LogP contribution in [0.2, 0.25) is 0 Å². The minimum atomic E-state index is -0.732. The van der Waals surface area contributed by atoms with Crippen molar-refractivity contribution in [3.05, 3.63) is 64.9 Å². The van der Waals surface area contributed by atoms with E-state index in [1.807, 2.05) is 19.1 Å². The fourth-order valence-corrected chi connectivity index (χ4v) is 4.44. The van der Waals surface area contributed by atoms with Crippen molar-refractivity contribution in [3.8, 4) is 5.75 Å². The van der Waals surface area contributed by atoms with Crippen molar-refractivity contribution in [2.24, 2.45) is 11.8 Å². The number of aryl methyl sites for hydroxylation is 2. The number of fused-ring (bicyclic) bond motifs is 1. The third kappa shape index (κ3) is 4.20. The number of hydrogen-bond acceptors (Lipinski definition) is 4.